The standard InChI is InChI=1S/C33H26Cl2N2O5S/c1-5-25-28(22-8-6-7-9-27(22)41-25)29(38)20-13-23(34)30(24(35)14-20)42-33(39)31-18(4)37-32(43-31)19-10-11-26(21(12-19)15-36)40-16-17(2)3/h6-14,17H,5,16H2,1-4H3. The zero-order chi connectivity index (χ0) is 30.8. The average Bonchev–Trinajstić information content (AvgIpc) is 3.57. The molecule has 2 aromatic heterocycles. The number of nitrogens with zero attached hydrogens (tertiary/aromatic N) is 2. The minimum atomic E-state index is -0.699. The highest BCUT2D eigenvalue weighted by Crippen LogP contribution is 2.38. The first-order valence-corrected chi connectivity index (χ1v) is 15.1. The third-order valence-corrected chi connectivity index (χ3v) is 8.32. The number of halogens is 2. The third kappa shape index (κ3) is 6.16. The largest absolute Gasteiger partial charge is 0.492 e. The number of hydrogen-bond donors (Lipinski definition) is 0. The van der Waals surface area contributed by atoms with Gasteiger partial charge in [0.05, 0.1) is 33.5 Å². The van der Waals surface area contributed by atoms with E-state index in [9.17, 15) is 14.9 Å². The average molecular weight is 634 g/mol. The predicted molar refractivity (Wildman–Crippen MR) is 168 cm³/mol. The maximum absolute atomic E-state index is 13.6. The van der Waals surface area contributed by atoms with Crippen LogP contribution in [0.25, 0.3) is 21.5 Å². The van der Waals surface area contributed by atoms with E-state index in [0.29, 0.717) is 68.8 Å². The number of para-hydroxylation sites is 1. The summed E-state index contributed by atoms with van der Waals surface area (Å²) in [5.41, 5.74) is 2.78. The molecule has 5 aromatic rings. The highest BCUT2D eigenvalue weighted by atomic mass is 35.5. The minimum Gasteiger partial charge on any atom is -0.492 e. The van der Waals surface area contributed by atoms with Crippen LogP contribution in [0.1, 0.15) is 63.4 Å². The number of ether oxygens (including phenoxy) is 2. The lowest BCUT2D eigenvalue weighted by molar-refractivity contribution is 0.0739. The van der Waals surface area contributed by atoms with Crippen LogP contribution in [0.3, 0.4) is 0 Å². The minimum absolute atomic E-state index is 0.00749. The highest BCUT2D eigenvalue weighted by molar-refractivity contribution is 7.17. The van der Waals surface area contributed by atoms with Gasteiger partial charge >= 0.3 is 5.97 Å². The van der Waals surface area contributed by atoms with Crippen molar-refractivity contribution in [2.75, 3.05) is 6.61 Å². The number of carbonyl (C=O) groups excluding carboxylic acids is 2. The molecule has 0 bridgehead atoms. The van der Waals surface area contributed by atoms with Crippen molar-refractivity contribution in [2.24, 2.45) is 5.92 Å². The molecule has 0 aliphatic heterocycles. The quantitative estimate of drug-likeness (QED) is 0.0906. The van der Waals surface area contributed by atoms with Crippen LogP contribution in [0.15, 0.2) is 59.0 Å². The van der Waals surface area contributed by atoms with Crippen LogP contribution in [-0.4, -0.2) is 23.3 Å². The Morgan fingerprint density at radius 1 is 1.09 bits per heavy atom. The van der Waals surface area contributed by atoms with Gasteiger partial charge in [-0.1, -0.05) is 62.2 Å². The lowest BCUT2D eigenvalue weighted by Gasteiger charge is -2.10. The molecule has 2 heterocycles. The zero-order valence-electron chi connectivity index (χ0n) is 23.8. The predicted octanol–water partition coefficient (Wildman–Crippen LogP) is 9.09. The van der Waals surface area contributed by atoms with Gasteiger partial charge in [0.1, 0.15) is 33.0 Å². The fraction of sp³-hybridized carbons (Fsp3) is 0.212. The molecular weight excluding hydrogens is 607 g/mol. The summed E-state index contributed by atoms with van der Waals surface area (Å²) in [4.78, 5) is 31.6. The number of ketones is 1. The van der Waals surface area contributed by atoms with Gasteiger partial charge in [0.2, 0.25) is 0 Å². The lowest BCUT2D eigenvalue weighted by atomic mass is 9.99. The SMILES string of the molecule is CCc1oc2ccccc2c1C(=O)c1cc(Cl)c(OC(=O)c2sc(-c3ccc(OCC(C)C)c(C#N)c3)nc2C)c(Cl)c1. The summed E-state index contributed by atoms with van der Waals surface area (Å²) in [6.07, 6.45) is 0.525. The second-order valence-corrected chi connectivity index (χ2v) is 12.0. The molecule has 5 rings (SSSR count). The summed E-state index contributed by atoms with van der Waals surface area (Å²) in [5.74, 6) is 0.298. The van der Waals surface area contributed by atoms with Crippen molar-refractivity contribution in [1.29, 1.82) is 5.26 Å². The molecule has 0 atom stereocenters. The number of aryl methyl sites for hydroxylation is 2. The molecule has 10 heteroatoms. The van der Waals surface area contributed by atoms with Gasteiger partial charge in [0, 0.05) is 22.9 Å². The maximum Gasteiger partial charge on any atom is 0.355 e. The van der Waals surface area contributed by atoms with Crippen molar-refractivity contribution in [3.8, 4) is 28.1 Å². The summed E-state index contributed by atoms with van der Waals surface area (Å²) >= 11 is 14.1. The van der Waals surface area contributed by atoms with Gasteiger partial charge < -0.3 is 13.9 Å². The second-order valence-electron chi connectivity index (χ2n) is 10.2. The maximum atomic E-state index is 13.6. The molecule has 3 aromatic carbocycles. The molecule has 0 radical (unpaired) electrons. The number of hydrogen-bond acceptors (Lipinski definition) is 8. The Morgan fingerprint density at radius 2 is 1.81 bits per heavy atom. The Labute approximate surface area is 262 Å². The number of nitriles is 1. The van der Waals surface area contributed by atoms with E-state index in [1.807, 2.05) is 39.0 Å². The summed E-state index contributed by atoms with van der Waals surface area (Å²) in [6, 6.07) is 17.5. The number of carbonyl (C=O) groups is 2. The van der Waals surface area contributed by atoms with Gasteiger partial charge in [-0.2, -0.15) is 5.26 Å². The fourth-order valence-electron chi connectivity index (χ4n) is 4.51. The van der Waals surface area contributed by atoms with Gasteiger partial charge in [0.15, 0.2) is 11.5 Å². The number of aromatic nitrogens is 1. The van der Waals surface area contributed by atoms with Crippen LogP contribution in [0, 0.1) is 24.2 Å². The first-order chi connectivity index (χ1) is 20.6. The molecular formula is C33H26Cl2N2O5S. The molecule has 0 fully saturated rings. The van der Waals surface area contributed by atoms with E-state index in [1.165, 1.54) is 12.1 Å². The van der Waals surface area contributed by atoms with Crippen molar-refractivity contribution in [3.05, 3.63) is 97.7 Å². The number of furan rings is 1. The number of esters is 1. The molecule has 0 saturated heterocycles. The molecule has 0 aliphatic carbocycles. The van der Waals surface area contributed by atoms with E-state index in [0.717, 1.165) is 11.3 Å². The van der Waals surface area contributed by atoms with Crippen molar-refractivity contribution in [2.45, 2.75) is 34.1 Å². The number of fused-ring (bicyclic) bond motifs is 1. The van der Waals surface area contributed by atoms with Gasteiger partial charge in [-0.3, -0.25) is 4.79 Å². The Kier molecular flexibility index (Phi) is 8.88. The topological polar surface area (TPSA) is 102 Å². The Hall–Kier alpha value is -4.16. The van der Waals surface area contributed by atoms with Crippen molar-refractivity contribution < 1.29 is 23.5 Å². The lowest BCUT2D eigenvalue weighted by Crippen LogP contribution is -2.10. The molecule has 0 unspecified atom stereocenters. The van der Waals surface area contributed by atoms with Crippen LogP contribution >= 0.6 is 34.5 Å². The normalized spacial score (nSPS) is 11.1. The Bertz CT molecular complexity index is 1900. The smallest absolute Gasteiger partial charge is 0.355 e. The van der Waals surface area contributed by atoms with Crippen LogP contribution in [0.5, 0.6) is 11.5 Å². The zero-order valence-corrected chi connectivity index (χ0v) is 26.1. The monoisotopic (exact) mass is 632 g/mol. The number of thiazole rings is 1. The van der Waals surface area contributed by atoms with Gasteiger partial charge in [-0.25, -0.2) is 9.78 Å². The van der Waals surface area contributed by atoms with Crippen molar-refractivity contribution >= 4 is 57.3 Å². The van der Waals surface area contributed by atoms with Crippen molar-refractivity contribution in [3.63, 3.8) is 0 Å². The van der Waals surface area contributed by atoms with Crippen LogP contribution in [0.4, 0.5) is 0 Å². The molecule has 43 heavy (non-hydrogen) atoms. The van der Waals surface area contributed by atoms with Gasteiger partial charge in [-0.05, 0) is 49.2 Å². The van der Waals surface area contributed by atoms with E-state index < -0.39 is 5.97 Å². The molecule has 0 amide bonds. The highest BCUT2D eigenvalue weighted by Gasteiger charge is 2.25. The number of benzene rings is 3. The summed E-state index contributed by atoms with van der Waals surface area (Å²) in [6.45, 7) is 8.13. The fourth-order valence-corrected chi connectivity index (χ4v) is 6.01. The third-order valence-electron chi connectivity index (χ3n) is 6.57. The Balaban J connectivity index is 1.39. The summed E-state index contributed by atoms with van der Waals surface area (Å²) < 4.78 is 17.2. The summed E-state index contributed by atoms with van der Waals surface area (Å²) in [7, 11) is 0. The number of rotatable bonds is 9. The molecule has 0 saturated carbocycles. The molecule has 0 N–H and O–H groups in total. The van der Waals surface area contributed by atoms with Crippen LogP contribution in [0.2, 0.25) is 10.0 Å². The molecule has 0 spiro atoms. The summed E-state index contributed by atoms with van der Waals surface area (Å²) in [5, 5.41) is 10.9. The van der Waals surface area contributed by atoms with E-state index in [-0.39, 0.29) is 32.0 Å². The van der Waals surface area contributed by atoms with Crippen LogP contribution in [-0.2, 0) is 6.42 Å². The molecule has 7 nitrogen and oxygen atoms in total. The van der Waals surface area contributed by atoms with E-state index in [2.05, 4.69) is 11.1 Å². The van der Waals surface area contributed by atoms with E-state index >= 15 is 0 Å². The van der Waals surface area contributed by atoms with Gasteiger partial charge in [-0.15, -0.1) is 11.3 Å². The van der Waals surface area contributed by atoms with Crippen LogP contribution < -0.4 is 9.47 Å². The Morgan fingerprint density at radius 3 is 2.49 bits per heavy atom. The van der Waals surface area contributed by atoms with Crippen molar-refractivity contribution in [1.82, 2.24) is 4.98 Å². The second kappa shape index (κ2) is 12.6. The first kappa shape index (κ1) is 30.3. The van der Waals surface area contributed by atoms with E-state index in [1.54, 1.807) is 31.2 Å². The first-order valence-electron chi connectivity index (χ1n) is 13.5. The van der Waals surface area contributed by atoms with E-state index in [4.69, 9.17) is 37.1 Å². The molecule has 218 valence electrons. The van der Waals surface area contributed by atoms with Gasteiger partial charge in [0.25, 0.3) is 0 Å². The molecule has 0 aliphatic rings.